The number of ether oxygens (including phenoxy) is 1. The van der Waals surface area contributed by atoms with Crippen molar-refractivity contribution in [1.82, 2.24) is 4.90 Å². The molecule has 1 heterocycles. The second-order valence-electron chi connectivity index (χ2n) is 5.97. The van der Waals surface area contributed by atoms with Gasteiger partial charge in [0.2, 0.25) is 0 Å². The van der Waals surface area contributed by atoms with Crippen LogP contribution in [0.3, 0.4) is 0 Å². The first-order valence-corrected chi connectivity index (χ1v) is 8.20. The first-order valence-electron chi connectivity index (χ1n) is 8.20. The predicted octanol–water partition coefficient (Wildman–Crippen LogP) is 2.34. The lowest BCUT2D eigenvalue weighted by atomic mass is 10.1. The lowest BCUT2D eigenvalue weighted by Crippen LogP contribution is -2.44. The molecule has 0 aliphatic carbocycles. The van der Waals surface area contributed by atoms with Crippen molar-refractivity contribution in [3.05, 3.63) is 54.1 Å². The van der Waals surface area contributed by atoms with Gasteiger partial charge in [-0.3, -0.25) is 0 Å². The van der Waals surface area contributed by atoms with Crippen LogP contribution < -0.4 is 15.4 Å². The molecule has 2 aromatic rings. The van der Waals surface area contributed by atoms with Gasteiger partial charge in [-0.1, -0.05) is 18.2 Å². The lowest BCUT2D eigenvalue weighted by molar-refractivity contribution is 0.313. The van der Waals surface area contributed by atoms with Crippen molar-refractivity contribution in [2.45, 2.75) is 0 Å². The van der Waals surface area contributed by atoms with Crippen LogP contribution in [0.4, 0.5) is 11.4 Å². The SMILES string of the molecule is CN1CCN(c2ccc(N=C(N)Oc3ccccc3)cc2C#N)CC1. The zero-order valence-corrected chi connectivity index (χ0v) is 14.2. The number of nitrogens with two attached hydrogens (primary N) is 1. The standard InChI is InChI=1S/C19H21N5O/c1-23-9-11-24(12-10-23)18-8-7-16(13-15(18)14-20)22-19(21)25-17-5-3-2-4-6-17/h2-8,13H,9-12H2,1H3,(H2,21,22). The van der Waals surface area contributed by atoms with E-state index in [1.54, 1.807) is 18.2 Å². The highest BCUT2D eigenvalue weighted by Crippen LogP contribution is 2.26. The lowest BCUT2D eigenvalue weighted by Gasteiger charge is -2.34. The second-order valence-corrected chi connectivity index (χ2v) is 5.97. The molecule has 0 saturated carbocycles. The summed E-state index contributed by atoms with van der Waals surface area (Å²) in [6.07, 6.45) is 0. The van der Waals surface area contributed by atoms with Crippen LogP contribution in [0.25, 0.3) is 0 Å². The maximum Gasteiger partial charge on any atom is 0.292 e. The Balaban J connectivity index is 1.77. The molecule has 1 saturated heterocycles. The van der Waals surface area contributed by atoms with Gasteiger partial charge in [-0.05, 0) is 37.4 Å². The van der Waals surface area contributed by atoms with Crippen LogP contribution >= 0.6 is 0 Å². The quantitative estimate of drug-likeness (QED) is 0.688. The summed E-state index contributed by atoms with van der Waals surface area (Å²) in [5.74, 6) is 0.623. The highest BCUT2D eigenvalue weighted by Gasteiger charge is 2.17. The third-order valence-corrected chi connectivity index (χ3v) is 4.15. The van der Waals surface area contributed by atoms with Gasteiger partial charge in [-0.15, -0.1) is 0 Å². The number of nitriles is 1. The van der Waals surface area contributed by atoms with E-state index in [-0.39, 0.29) is 6.02 Å². The summed E-state index contributed by atoms with van der Waals surface area (Å²) in [6, 6.07) is 17.1. The van der Waals surface area contributed by atoms with Gasteiger partial charge in [0, 0.05) is 26.2 Å². The topological polar surface area (TPSA) is 77.9 Å². The molecule has 6 heteroatoms. The molecule has 6 nitrogen and oxygen atoms in total. The third-order valence-electron chi connectivity index (χ3n) is 4.15. The Kier molecular flexibility index (Phi) is 5.17. The number of anilines is 1. The van der Waals surface area contributed by atoms with Crippen molar-refractivity contribution in [2.24, 2.45) is 10.7 Å². The predicted molar refractivity (Wildman–Crippen MR) is 99.2 cm³/mol. The van der Waals surface area contributed by atoms with Crippen LogP contribution in [-0.2, 0) is 0 Å². The Morgan fingerprint density at radius 2 is 1.84 bits per heavy atom. The molecule has 1 fully saturated rings. The largest absolute Gasteiger partial charge is 0.426 e. The normalized spacial score (nSPS) is 15.7. The number of aliphatic imine (C=N–C) groups is 1. The zero-order chi connectivity index (χ0) is 17.6. The van der Waals surface area contributed by atoms with Crippen LogP contribution in [0.5, 0.6) is 5.75 Å². The van der Waals surface area contributed by atoms with E-state index in [4.69, 9.17) is 10.5 Å². The van der Waals surface area contributed by atoms with Gasteiger partial charge in [0.15, 0.2) is 0 Å². The van der Waals surface area contributed by atoms with Crippen molar-refractivity contribution in [2.75, 3.05) is 38.1 Å². The first-order chi connectivity index (χ1) is 12.2. The Hall–Kier alpha value is -3.04. The molecule has 25 heavy (non-hydrogen) atoms. The van der Waals surface area contributed by atoms with Gasteiger partial charge in [-0.2, -0.15) is 10.3 Å². The Labute approximate surface area is 147 Å². The van der Waals surface area contributed by atoms with E-state index in [0.29, 0.717) is 17.0 Å². The summed E-state index contributed by atoms with van der Waals surface area (Å²) in [4.78, 5) is 8.77. The average molecular weight is 335 g/mol. The molecule has 0 radical (unpaired) electrons. The number of benzene rings is 2. The van der Waals surface area contributed by atoms with E-state index in [1.165, 1.54) is 0 Å². The second kappa shape index (κ2) is 7.69. The first kappa shape index (κ1) is 16.8. The fourth-order valence-electron chi connectivity index (χ4n) is 2.77. The van der Waals surface area contributed by atoms with Gasteiger partial charge in [-0.25, -0.2) is 0 Å². The molecule has 0 atom stereocenters. The fraction of sp³-hybridized carbons (Fsp3) is 0.263. The van der Waals surface area contributed by atoms with E-state index >= 15 is 0 Å². The molecule has 1 aliphatic heterocycles. The van der Waals surface area contributed by atoms with Crippen molar-refractivity contribution in [3.63, 3.8) is 0 Å². The van der Waals surface area contributed by atoms with E-state index in [0.717, 1.165) is 31.9 Å². The number of rotatable bonds is 3. The van der Waals surface area contributed by atoms with Crippen molar-refractivity contribution in [3.8, 4) is 11.8 Å². The number of hydrogen-bond donors (Lipinski definition) is 1. The third kappa shape index (κ3) is 4.28. The van der Waals surface area contributed by atoms with Crippen LogP contribution in [0.1, 0.15) is 5.56 Å². The number of piperazine rings is 1. The average Bonchev–Trinajstić information content (AvgIpc) is 2.63. The summed E-state index contributed by atoms with van der Waals surface area (Å²) < 4.78 is 5.48. The Morgan fingerprint density at radius 1 is 1.12 bits per heavy atom. The number of para-hydroxylation sites is 1. The smallest absolute Gasteiger partial charge is 0.292 e. The molecule has 0 amide bonds. The minimum atomic E-state index is 0.0439. The van der Waals surface area contributed by atoms with E-state index in [1.807, 2.05) is 30.3 Å². The number of nitrogens with zero attached hydrogens (tertiary/aromatic N) is 4. The van der Waals surface area contributed by atoms with Gasteiger partial charge >= 0.3 is 0 Å². The maximum absolute atomic E-state index is 9.50. The number of amidine groups is 1. The monoisotopic (exact) mass is 335 g/mol. The molecule has 0 spiro atoms. The minimum absolute atomic E-state index is 0.0439. The van der Waals surface area contributed by atoms with Crippen LogP contribution in [0, 0.1) is 11.3 Å². The van der Waals surface area contributed by atoms with Crippen LogP contribution in [0.2, 0.25) is 0 Å². The van der Waals surface area contributed by atoms with E-state index in [9.17, 15) is 5.26 Å². The summed E-state index contributed by atoms with van der Waals surface area (Å²) in [7, 11) is 2.11. The molecule has 2 N–H and O–H groups in total. The molecule has 0 unspecified atom stereocenters. The van der Waals surface area contributed by atoms with Gasteiger partial charge < -0.3 is 20.3 Å². The fourth-order valence-corrected chi connectivity index (χ4v) is 2.77. The molecule has 1 aliphatic rings. The Bertz CT molecular complexity index is 789. The minimum Gasteiger partial charge on any atom is -0.426 e. The summed E-state index contributed by atoms with van der Waals surface area (Å²) in [6.45, 7) is 3.80. The van der Waals surface area contributed by atoms with Gasteiger partial charge in [0.1, 0.15) is 11.8 Å². The zero-order valence-electron chi connectivity index (χ0n) is 14.2. The van der Waals surface area contributed by atoms with Crippen molar-refractivity contribution >= 4 is 17.4 Å². The molecule has 2 aromatic carbocycles. The Morgan fingerprint density at radius 3 is 2.52 bits per heavy atom. The number of likely N-dealkylation sites (N-methyl/N-ethyl adjacent to an activating group) is 1. The van der Waals surface area contributed by atoms with Gasteiger partial charge in [0.05, 0.1) is 16.9 Å². The molecule has 128 valence electrons. The maximum atomic E-state index is 9.50. The summed E-state index contributed by atoms with van der Waals surface area (Å²) in [5.41, 5.74) is 7.99. The van der Waals surface area contributed by atoms with Crippen LogP contribution in [0.15, 0.2) is 53.5 Å². The molecule has 0 bridgehead atoms. The van der Waals surface area contributed by atoms with Gasteiger partial charge in [0.25, 0.3) is 6.02 Å². The van der Waals surface area contributed by atoms with E-state index < -0.39 is 0 Å². The van der Waals surface area contributed by atoms with Crippen molar-refractivity contribution in [1.29, 1.82) is 5.26 Å². The van der Waals surface area contributed by atoms with E-state index in [2.05, 4.69) is 27.9 Å². The highest BCUT2D eigenvalue weighted by atomic mass is 16.5. The molecular weight excluding hydrogens is 314 g/mol. The molecular formula is C19H21N5O. The molecule has 0 aromatic heterocycles. The number of hydrogen-bond acceptors (Lipinski definition) is 5. The summed E-state index contributed by atoms with van der Waals surface area (Å²) in [5, 5.41) is 9.50. The summed E-state index contributed by atoms with van der Waals surface area (Å²) >= 11 is 0. The van der Waals surface area contributed by atoms with Crippen LogP contribution in [-0.4, -0.2) is 44.1 Å². The molecule has 3 rings (SSSR count). The van der Waals surface area contributed by atoms with Crippen molar-refractivity contribution < 1.29 is 4.74 Å². The highest BCUT2D eigenvalue weighted by molar-refractivity contribution is 5.78.